The van der Waals surface area contributed by atoms with Crippen LogP contribution in [0, 0.1) is 11.3 Å². The lowest BCUT2D eigenvalue weighted by molar-refractivity contribution is -0.203. The van der Waals surface area contributed by atoms with Gasteiger partial charge in [-0.05, 0) is 18.3 Å². The minimum Gasteiger partial charge on any atom is -0.479 e. The maximum absolute atomic E-state index is 12.7. The van der Waals surface area contributed by atoms with Gasteiger partial charge in [-0.2, -0.15) is 13.2 Å². The molecular weight excluding hydrogens is 277 g/mol. The number of carbonyl (C=O) groups excluding carboxylic acids is 1. The van der Waals surface area contributed by atoms with Gasteiger partial charge in [-0.15, -0.1) is 0 Å². The number of urea groups is 1. The molecule has 0 fully saturated rings. The van der Waals surface area contributed by atoms with Crippen LogP contribution in [0.5, 0.6) is 0 Å². The van der Waals surface area contributed by atoms with Crippen molar-refractivity contribution in [3.05, 3.63) is 0 Å². The van der Waals surface area contributed by atoms with E-state index >= 15 is 0 Å². The van der Waals surface area contributed by atoms with Gasteiger partial charge in [0.15, 0.2) is 0 Å². The molecule has 0 rings (SSSR count). The molecule has 118 valence electrons. The Morgan fingerprint density at radius 2 is 1.60 bits per heavy atom. The Bertz CT molecular complexity index is 377. The summed E-state index contributed by atoms with van der Waals surface area (Å²) in [5.41, 5.74) is -3.45. The highest BCUT2D eigenvalue weighted by atomic mass is 19.4. The number of nitrogens with one attached hydrogen (secondary N) is 2. The van der Waals surface area contributed by atoms with Crippen molar-refractivity contribution in [1.82, 2.24) is 10.6 Å². The summed E-state index contributed by atoms with van der Waals surface area (Å²) in [4.78, 5) is 22.2. The molecule has 2 atom stereocenters. The molecule has 2 unspecified atom stereocenters. The van der Waals surface area contributed by atoms with Crippen molar-refractivity contribution in [3.8, 4) is 0 Å². The number of amides is 2. The number of halogens is 3. The van der Waals surface area contributed by atoms with Crippen LogP contribution in [0.1, 0.15) is 34.6 Å². The van der Waals surface area contributed by atoms with E-state index in [0.29, 0.717) is 6.92 Å². The van der Waals surface area contributed by atoms with Crippen molar-refractivity contribution in [2.75, 3.05) is 6.54 Å². The van der Waals surface area contributed by atoms with Crippen molar-refractivity contribution in [3.63, 3.8) is 0 Å². The summed E-state index contributed by atoms with van der Waals surface area (Å²) < 4.78 is 38.0. The summed E-state index contributed by atoms with van der Waals surface area (Å²) in [5.74, 6) is -2.15. The minimum atomic E-state index is -5.09. The first-order valence-corrected chi connectivity index (χ1v) is 6.08. The van der Waals surface area contributed by atoms with E-state index in [1.165, 1.54) is 5.32 Å². The molecule has 0 radical (unpaired) electrons. The zero-order valence-electron chi connectivity index (χ0n) is 12.2. The van der Waals surface area contributed by atoms with Crippen LogP contribution in [-0.2, 0) is 4.79 Å². The summed E-state index contributed by atoms with van der Waals surface area (Å²) in [6.45, 7) is 8.16. The van der Waals surface area contributed by atoms with E-state index in [4.69, 9.17) is 5.11 Å². The van der Waals surface area contributed by atoms with E-state index < -0.39 is 23.7 Å². The van der Waals surface area contributed by atoms with Crippen molar-refractivity contribution < 1.29 is 27.9 Å². The number of hydrogen-bond acceptors (Lipinski definition) is 2. The monoisotopic (exact) mass is 298 g/mol. The molecule has 0 aromatic heterocycles. The van der Waals surface area contributed by atoms with Crippen molar-refractivity contribution >= 4 is 12.0 Å². The van der Waals surface area contributed by atoms with Crippen LogP contribution < -0.4 is 10.6 Å². The lowest BCUT2D eigenvalue weighted by Gasteiger charge is -2.30. The zero-order valence-corrected chi connectivity index (χ0v) is 12.2. The average molecular weight is 298 g/mol. The van der Waals surface area contributed by atoms with Crippen LogP contribution in [0.25, 0.3) is 0 Å². The maximum atomic E-state index is 12.7. The molecule has 0 aliphatic carbocycles. The Kier molecular flexibility index (Phi) is 5.45. The number of rotatable bonds is 4. The quantitative estimate of drug-likeness (QED) is 0.745. The summed E-state index contributed by atoms with van der Waals surface area (Å²) in [5, 5.41) is 12.4. The van der Waals surface area contributed by atoms with E-state index in [-0.39, 0.29) is 17.9 Å². The van der Waals surface area contributed by atoms with Crippen LogP contribution >= 0.6 is 0 Å². The fourth-order valence-electron chi connectivity index (χ4n) is 1.07. The number of carbonyl (C=O) groups is 2. The van der Waals surface area contributed by atoms with Gasteiger partial charge in [0.05, 0.1) is 0 Å². The molecule has 0 heterocycles. The number of alkyl halides is 3. The molecule has 0 aliphatic rings. The largest absolute Gasteiger partial charge is 0.479 e. The molecular formula is C12H21F3N2O3. The topological polar surface area (TPSA) is 78.4 Å². The predicted octanol–water partition coefficient (Wildman–Crippen LogP) is 2.37. The number of carboxylic acid groups (broad SMARTS) is 1. The van der Waals surface area contributed by atoms with Gasteiger partial charge in [-0.25, -0.2) is 9.59 Å². The second-order valence-electron chi connectivity index (χ2n) is 6.03. The van der Waals surface area contributed by atoms with E-state index in [9.17, 15) is 22.8 Å². The van der Waals surface area contributed by atoms with E-state index in [0.717, 1.165) is 0 Å². The maximum Gasteiger partial charge on any atom is 0.422 e. The molecule has 20 heavy (non-hydrogen) atoms. The Morgan fingerprint density at radius 3 is 1.90 bits per heavy atom. The van der Waals surface area contributed by atoms with Gasteiger partial charge in [-0.1, -0.05) is 27.7 Å². The van der Waals surface area contributed by atoms with Crippen molar-refractivity contribution in [2.45, 2.75) is 46.3 Å². The fourth-order valence-corrected chi connectivity index (χ4v) is 1.07. The molecule has 0 aromatic carbocycles. The summed E-state index contributed by atoms with van der Waals surface area (Å²) in [6.07, 6.45) is -5.09. The second-order valence-corrected chi connectivity index (χ2v) is 6.03. The van der Waals surface area contributed by atoms with Crippen molar-refractivity contribution in [1.29, 1.82) is 0 Å². The first-order valence-electron chi connectivity index (χ1n) is 6.08. The van der Waals surface area contributed by atoms with Crippen LogP contribution in [-0.4, -0.2) is 35.4 Å². The first kappa shape index (κ1) is 18.5. The number of aliphatic carboxylic acids is 1. The van der Waals surface area contributed by atoms with Crippen LogP contribution in [0.4, 0.5) is 18.0 Å². The van der Waals surface area contributed by atoms with Crippen LogP contribution in [0.2, 0.25) is 0 Å². The van der Waals surface area contributed by atoms with E-state index in [1.54, 1.807) is 0 Å². The third-order valence-corrected chi connectivity index (χ3v) is 3.41. The molecule has 0 saturated heterocycles. The normalized spacial score (nSPS) is 17.0. The molecule has 0 saturated carbocycles. The fraction of sp³-hybridized carbons (Fsp3) is 0.833. The lowest BCUT2D eigenvalue weighted by Crippen LogP contribution is -2.63. The van der Waals surface area contributed by atoms with Crippen LogP contribution in [0.15, 0.2) is 0 Å². The highest BCUT2D eigenvalue weighted by Gasteiger charge is 2.58. The molecule has 0 spiro atoms. The highest BCUT2D eigenvalue weighted by Crippen LogP contribution is 2.30. The van der Waals surface area contributed by atoms with Crippen molar-refractivity contribution in [2.24, 2.45) is 11.3 Å². The third-order valence-electron chi connectivity index (χ3n) is 3.41. The summed E-state index contributed by atoms with van der Waals surface area (Å²) >= 11 is 0. The molecule has 0 bridgehead atoms. The first-order chi connectivity index (χ1) is 8.72. The van der Waals surface area contributed by atoms with E-state index in [1.807, 2.05) is 27.7 Å². The Labute approximate surface area is 115 Å². The van der Waals surface area contributed by atoms with Gasteiger partial charge >= 0.3 is 18.2 Å². The molecule has 8 heteroatoms. The number of hydrogen-bond donors (Lipinski definition) is 3. The zero-order chi connectivity index (χ0) is 16.4. The third kappa shape index (κ3) is 4.57. The van der Waals surface area contributed by atoms with Gasteiger partial charge in [0.25, 0.3) is 0 Å². The standard InChI is InChI=1S/C12H21F3N2O3/c1-7(10(2,3)4)6-16-9(20)17-11(5,8(18)19)12(13,14)15/h7H,6H2,1-5H3,(H,18,19)(H2,16,17,20). The molecule has 3 N–H and O–H groups in total. The summed E-state index contributed by atoms with van der Waals surface area (Å²) in [6, 6.07) is -1.16. The lowest BCUT2D eigenvalue weighted by atomic mass is 9.82. The molecule has 2 amide bonds. The SMILES string of the molecule is CC(CNC(=O)NC(C)(C(=O)O)C(F)(F)F)C(C)(C)C. The smallest absolute Gasteiger partial charge is 0.422 e. The second kappa shape index (κ2) is 5.88. The van der Waals surface area contributed by atoms with Gasteiger partial charge in [-0.3, -0.25) is 0 Å². The van der Waals surface area contributed by atoms with Gasteiger partial charge in [0, 0.05) is 6.54 Å². The highest BCUT2D eigenvalue weighted by molar-refractivity contribution is 5.86. The molecule has 0 aliphatic heterocycles. The Hall–Kier alpha value is -1.47. The average Bonchev–Trinajstić information content (AvgIpc) is 2.22. The van der Waals surface area contributed by atoms with Crippen LogP contribution in [0.3, 0.4) is 0 Å². The minimum absolute atomic E-state index is 0.00946. The Balaban J connectivity index is 4.71. The molecule has 5 nitrogen and oxygen atoms in total. The van der Waals surface area contributed by atoms with Gasteiger partial charge in [0.2, 0.25) is 5.54 Å². The van der Waals surface area contributed by atoms with Gasteiger partial charge < -0.3 is 15.7 Å². The predicted molar refractivity (Wildman–Crippen MR) is 67.2 cm³/mol. The molecule has 0 aromatic rings. The number of carboxylic acids is 1. The van der Waals surface area contributed by atoms with E-state index in [2.05, 4.69) is 5.32 Å². The summed E-state index contributed by atoms with van der Waals surface area (Å²) in [7, 11) is 0. The Morgan fingerprint density at radius 1 is 1.15 bits per heavy atom. The van der Waals surface area contributed by atoms with Gasteiger partial charge in [0.1, 0.15) is 0 Å².